The number of likely N-dealkylation sites (tertiary alicyclic amines) is 1. The molecule has 4 saturated carbocycles. The molecule has 5 fully saturated rings. The molecule has 2 N–H and O–H groups in total. The molecule has 8 nitrogen and oxygen atoms in total. The number of aryl methyl sites for hydroxylation is 1. The van der Waals surface area contributed by atoms with Gasteiger partial charge in [0.25, 0.3) is 0 Å². The van der Waals surface area contributed by atoms with Crippen LogP contribution in [0.3, 0.4) is 0 Å². The zero-order valence-electron chi connectivity index (χ0n) is 22.0. The Labute approximate surface area is 255 Å². The lowest BCUT2D eigenvalue weighted by molar-refractivity contribution is -0.151. The van der Waals surface area contributed by atoms with Gasteiger partial charge < -0.3 is 20.2 Å². The van der Waals surface area contributed by atoms with Gasteiger partial charge in [-0.05, 0) is 68.6 Å². The number of carbonyl (C=O) groups is 2. The number of aromatic nitrogens is 2. The number of alkyl halides is 3. The standard InChI is InChI=1S/C25H35ClF3N5O3.I2/c1-32(17-3-5-34(6-4-17)23(36)30-13-25(27,28)29)22-20(26)21(31-33(22)2)19(35)9-18-15-7-14-8-16(18)12-24(37,10-14)11-15;1-2/h14-18,37H,3-13H2,1-2H3,(H,30,36);. The Morgan fingerprint density at radius 1 is 1.18 bits per heavy atom. The van der Waals surface area contributed by atoms with Crippen LogP contribution < -0.4 is 10.2 Å². The number of rotatable bonds is 6. The van der Waals surface area contributed by atoms with E-state index in [1.807, 2.05) is 17.3 Å². The summed E-state index contributed by atoms with van der Waals surface area (Å²) in [5, 5.41) is 17.6. The maximum Gasteiger partial charge on any atom is 0.405 e. The molecular weight excluding hydrogens is 765 g/mol. The number of piperidine rings is 1. The van der Waals surface area contributed by atoms with E-state index >= 15 is 0 Å². The van der Waals surface area contributed by atoms with Crippen molar-refractivity contribution in [3.05, 3.63) is 10.7 Å². The highest BCUT2D eigenvalue weighted by Gasteiger charge is 2.55. The first-order valence-corrected chi connectivity index (χ1v) is 19.9. The third kappa shape index (κ3) is 6.92. The number of hydrogen-bond acceptors (Lipinski definition) is 5. The molecule has 0 aromatic carbocycles. The molecule has 220 valence electrons. The van der Waals surface area contributed by atoms with Crippen molar-refractivity contribution in [1.82, 2.24) is 20.0 Å². The van der Waals surface area contributed by atoms with E-state index in [1.54, 1.807) is 11.7 Å². The lowest BCUT2D eigenvalue weighted by atomic mass is 9.49. The molecule has 39 heavy (non-hydrogen) atoms. The van der Waals surface area contributed by atoms with Crippen LogP contribution in [-0.2, 0) is 7.05 Å². The van der Waals surface area contributed by atoms with Crippen molar-refractivity contribution in [1.29, 1.82) is 0 Å². The summed E-state index contributed by atoms with van der Waals surface area (Å²) in [6, 6.07) is -0.727. The van der Waals surface area contributed by atoms with Crippen LogP contribution in [0.1, 0.15) is 61.9 Å². The Morgan fingerprint density at radius 3 is 2.31 bits per heavy atom. The van der Waals surface area contributed by atoms with Crippen molar-refractivity contribution >= 4 is 66.5 Å². The van der Waals surface area contributed by atoms with E-state index in [2.05, 4.69) is 42.3 Å². The van der Waals surface area contributed by atoms with E-state index in [4.69, 9.17) is 11.6 Å². The summed E-state index contributed by atoms with van der Waals surface area (Å²) in [5.41, 5.74) is -0.272. The molecular formula is C25H35ClF3I2N5O3. The van der Waals surface area contributed by atoms with Crippen LogP contribution in [0.5, 0.6) is 0 Å². The Hall–Kier alpha value is -0.550. The molecule has 1 aromatic heterocycles. The first-order chi connectivity index (χ1) is 18.3. The molecule has 0 spiro atoms. The smallest absolute Gasteiger partial charge is 0.390 e. The summed E-state index contributed by atoms with van der Waals surface area (Å²) < 4.78 is 38.8. The second-order valence-corrected chi connectivity index (χ2v) is 12.1. The third-order valence-electron chi connectivity index (χ3n) is 9.16. The van der Waals surface area contributed by atoms with Gasteiger partial charge in [-0.2, -0.15) is 18.3 Å². The van der Waals surface area contributed by atoms with Crippen LogP contribution in [0.15, 0.2) is 0 Å². The Balaban J connectivity index is 0.00000172. The molecule has 14 heteroatoms. The summed E-state index contributed by atoms with van der Waals surface area (Å²) in [6.07, 6.45) is 1.71. The number of Topliss-reactive ketones (excluding diaryl/α,β-unsaturated/α-hetero) is 1. The fourth-order valence-corrected chi connectivity index (χ4v) is 8.10. The molecule has 2 unspecified atom stereocenters. The van der Waals surface area contributed by atoms with E-state index in [-0.39, 0.29) is 23.4 Å². The van der Waals surface area contributed by atoms with E-state index in [0.717, 1.165) is 32.1 Å². The zero-order chi connectivity index (χ0) is 28.7. The number of urea groups is 1. The normalized spacial score (nSPS) is 30.1. The highest BCUT2D eigenvalue weighted by atomic mass is 128. The second kappa shape index (κ2) is 12.4. The fourth-order valence-electron chi connectivity index (χ4n) is 7.70. The Kier molecular flexibility index (Phi) is 9.95. The minimum absolute atomic E-state index is 0.00677. The number of amides is 2. The van der Waals surface area contributed by atoms with Gasteiger partial charge in [0, 0.05) is 76.9 Å². The average molecular weight is 800 g/mol. The molecule has 0 radical (unpaired) electrons. The molecule has 1 aromatic rings. The highest BCUT2D eigenvalue weighted by Crippen LogP contribution is 2.59. The van der Waals surface area contributed by atoms with Gasteiger partial charge in [0.15, 0.2) is 5.78 Å². The van der Waals surface area contributed by atoms with Crippen LogP contribution >= 0.6 is 48.8 Å². The summed E-state index contributed by atoms with van der Waals surface area (Å²) in [4.78, 5) is 28.8. The van der Waals surface area contributed by atoms with Crippen molar-refractivity contribution in [3.8, 4) is 0 Å². The quantitative estimate of drug-likeness (QED) is 0.282. The number of hydrogen-bond donors (Lipinski definition) is 2. The molecule has 6 rings (SSSR count). The van der Waals surface area contributed by atoms with Crippen LogP contribution in [0.2, 0.25) is 5.02 Å². The van der Waals surface area contributed by atoms with Crippen molar-refractivity contribution in [2.24, 2.45) is 30.7 Å². The molecule has 4 aliphatic carbocycles. The van der Waals surface area contributed by atoms with Crippen molar-refractivity contribution < 1.29 is 27.9 Å². The number of aliphatic hydroxyl groups is 1. The monoisotopic (exact) mass is 799 g/mol. The summed E-state index contributed by atoms with van der Waals surface area (Å²) in [6.45, 7) is -0.716. The Morgan fingerprint density at radius 2 is 1.77 bits per heavy atom. The largest absolute Gasteiger partial charge is 0.405 e. The van der Waals surface area contributed by atoms with E-state index in [0.29, 0.717) is 60.9 Å². The predicted molar refractivity (Wildman–Crippen MR) is 160 cm³/mol. The number of anilines is 1. The van der Waals surface area contributed by atoms with Crippen LogP contribution in [0.4, 0.5) is 23.8 Å². The van der Waals surface area contributed by atoms with Gasteiger partial charge in [-0.15, -0.1) is 0 Å². The maximum absolute atomic E-state index is 13.4. The SMILES string of the molecule is CN(c1c(Cl)c(C(=O)CC2C3CC4CC2CC(O)(C4)C3)nn1C)C1CCN(C(=O)NCC(F)(F)F)CC1.II. The molecule has 5 aliphatic rings. The molecule has 2 atom stereocenters. The van der Waals surface area contributed by atoms with E-state index in [1.165, 1.54) is 4.90 Å². The van der Waals surface area contributed by atoms with Gasteiger partial charge in [0.05, 0.1) is 5.60 Å². The summed E-state index contributed by atoms with van der Waals surface area (Å²) in [7, 11) is 3.60. The number of nitrogens with one attached hydrogen (secondary N) is 1. The van der Waals surface area contributed by atoms with Crippen LogP contribution in [0.25, 0.3) is 0 Å². The summed E-state index contributed by atoms with van der Waals surface area (Å²) >= 11 is 11.0. The Bertz CT molecular complexity index is 1050. The molecule has 2 amide bonds. The van der Waals surface area contributed by atoms with Gasteiger partial charge in [-0.3, -0.25) is 9.48 Å². The van der Waals surface area contributed by atoms with Gasteiger partial charge >= 0.3 is 12.2 Å². The van der Waals surface area contributed by atoms with Gasteiger partial charge in [-0.1, -0.05) is 11.6 Å². The van der Waals surface area contributed by atoms with E-state index < -0.39 is 24.4 Å². The van der Waals surface area contributed by atoms with Crippen LogP contribution in [0, 0.1) is 23.7 Å². The fraction of sp³-hybridized carbons (Fsp3) is 0.800. The number of nitrogens with zero attached hydrogens (tertiary/aromatic N) is 4. The number of carbonyl (C=O) groups excluding carboxylic acids is 2. The van der Waals surface area contributed by atoms with Gasteiger partial charge in [0.1, 0.15) is 23.1 Å². The topological polar surface area (TPSA) is 90.7 Å². The number of ketones is 1. The first-order valence-electron chi connectivity index (χ1n) is 13.3. The van der Waals surface area contributed by atoms with Crippen LogP contribution in [-0.4, -0.2) is 76.1 Å². The molecule has 2 heterocycles. The molecule has 4 bridgehead atoms. The van der Waals surface area contributed by atoms with E-state index in [9.17, 15) is 27.9 Å². The van der Waals surface area contributed by atoms with Crippen molar-refractivity contribution in [3.63, 3.8) is 0 Å². The lowest BCUT2D eigenvalue weighted by Gasteiger charge is -2.58. The minimum Gasteiger partial charge on any atom is -0.390 e. The average Bonchev–Trinajstić information content (AvgIpc) is 3.17. The maximum atomic E-state index is 13.4. The lowest BCUT2D eigenvalue weighted by Crippen LogP contribution is -2.54. The van der Waals surface area contributed by atoms with Gasteiger partial charge in [-0.25, -0.2) is 4.79 Å². The summed E-state index contributed by atoms with van der Waals surface area (Å²) in [5.74, 6) is 2.14. The van der Waals surface area contributed by atoms with Crippen molar-refractivity contribution in [2.45, 2.75) is 69.2 Å². The first kappa shape index (κ1) is 31.4. The molecule has 1 aliphatic heterocycles. The zero-order valence-corrected chi connectivity index (χ0v) is 27.1. The second-order valence-electron chi connectivity index (χ2n) is 11.7. The third-order valence-corrected chi connectivity index (χ3v) is 9.50. The van der Waals surface area contributed by atoms with Crippen molar-refractivity contribution in [2.75, 3.05) is 31.6 Å². The predicted octanol–water partition coefficient (Wildman–Crippen LogP) is 5.78. The number of halogens is 6. The highest BCUT2D eigenvalue weighted by molar-refractivity contribution is 15.0. The minimum atomic E-state index is -4.45. The molecule has 1 saturated heterocycles. The van der Waals surface area contributed by atoms with Gasteiger partial charge in [0.2, 0.25) is 0 Å².